The Hall–Kier alpha value is -2.75. The Morgan fingerprint density at radius 1 is 1.15 bits per heavy atom. The molecule has 8 nitrogen and oxygen atoms in total. The predicted molar refractivity (Wildman–Crippen MR) is 136 cm³/mol. The summed E-state index contributed by atoms with van der Waals surface area (Å²) in [7, 11) is -1.20. The second-order valence-electron chi connectivity index (χ2n) is 10.4. The number of ether oxygens (including phenoxy) is 2. The van der Waals surface area contributed by atoms with Crippen LogP contribution in [-0.4, -0.2) is 51.4 Å². The van der Waals surface area contributed by atoms with E-state index in [1.807, 2.05) is 35.0 Å². The van der Waals surface area contributed by atoms with E-state index in [9.17, 15) is 4.79 Å². The molecule has 0 radical (unpaired) electrons. The Morgan fingerprint density at radius 2 is 1.94 bits per heavy atom. The fourth-order valence-electron chi connectivity index (χ4n) is 4.50. The van der Waals surface area contributed by atoms with Crippen molar-refractivity contribution in [1.29, 1.82) is 0 Å². The van der Waals surface area contributed by atoms with E-state index in [1.54, 1.807) is 4.57 Å². The summed E-state index contributed by atoms with van der Waals surface area (Å²) in [6.45, 7) is 11.3. The lowest BCUT2D eigenvalue weighted by Gasteiger charge is -2.23. The van der Waals surface area contributed by atoms with Gasteiger partial charge in [0, 0.05) is 40.1 Å². The van der Waals surface area contributed by atoms with Gasteiger partial charge in [-0.05, 0) is 49.6 Å². The minimum atomic E-state index is -1.20. The number of aromatic nitrogens is 5. The van der Waals surface area contributed by atoms with Crippen LogP contribution >= 0.6 is 0 Å². The summed E-state index contributed by atoms with van der Waals surface area (Å²) in [6, 6.07) is 9.15. The maximum atomic E-state index is 13.6. The molecule has 4 aromatic rings. The summed E-state index contributed by atoms with van der Waals surface area (Å²) >= 11 is 0. The van der Waals surface area contributed by atoms with E-state index < -0.39 is 8.07 Å². The van der Waals surface area contributed by atoms with Gasteiger partial charge in [0.15, 0.2) is 5.65 Å². The fraction of sp³-hybridized carbons (Fsp3) is 0.480. The van der Waals surface area contributed by atoms with E-state index in [2.05, 4.69) is 42.1 Å². The number of aryl methyl sites for hydroxylation is 1. The van der Waals surface area contributed by atoms with Crippen LogP contribution in [0.25, 0.3) is 28.2 Å². The second kappa shape index (κ2) is 9.13. The predicted octanol–water partition coefficient (Wildman–Crippen LogP) is 4.48. The molecule has 0 amide bonds. The summed E-state index contributed by atoms with van der Waals surface area (Å²) in [5.74, 6) is 0. The molecule has 5 rings (SSSR count). The zero-order chi connectivity index (χ0) is 23.9. The molecule has 5 heterocycles. The van der Waals surface area contributed by atoms with Crippen LogP contribution in [0, 0.1) is 6.92 Å². The van der Waals surface area contributed by atoms with Crippen molar-refractivity contribution in [2.45, 2.75) is 58.2 Å². The zero-order valence-electron chi connectivity index (χ0n) is 20.5. The van der Waals surface area contributed by atoms with Gasteiger partial charge < -0.3 is 9.47 Å². The van der Waals surface area contributed by atoms with Crippen molar-refractivity contribution in [1.82, 2.24) is 23.5 Å². The van der Waals surface area contributed by atoms with Crippen molar-refractivity contribution in [2.24, 2.45) is 0 Å². The van der Waals surface area contributed by atoms with Crippen LogP contribution in [0.4, 0.5) is 0 Å². The van der Waals surface area contributed by atoms with E-state index in [1.165, 1.54) is 0 Å². The van der Waals surface area contributed by atoms with Gasteiger partial charge in [-0.3, -0.25) is 13.5 Å². The van der Waals surface area contributed by atoms with Gasteiger partial charge in [-0.25, -0.2) is 14.8 Å². The van der Waals surface area contributed by atoms with Crippen LogP contribution < -0.4 is 5.69 Å². The van der Waals surface area contributed by atoms with Gasteiger partial charge in [0.25, 0.3) is 0 Å². The lowest BCUT2D eigenvalue weighted by Crippen LogP contribution is -2.31. The monoisotopic (exact) mass is 479 g/mol. The van der Waals surface area contributed by atoms with Crippen LogP contribution in [-0.2, 0) is 16.2 Å². The smallest absolute Gasteiger partial charge is 0.332 e. The van der Waals surface area contributed by atoms with Gasteiger partial charge in [-0.15, -0.1) is 0 Å². The van der Waals surface area contributed by atoms with Crippen molar-refractivity contribution >= 4 is 24.9 Å². The van der Waals surface area contributed by atoms with Gasteiger partial charge in [0.2, 0.25) is 0 Å². The van der Waals surface area contributed by atoms with Crippen LogP contribution in [0.2, 0.25) is 25.7 Å². The van der Waals surface area contributed by atoms with Crippen molar-refractivity contribution in [3.05, 3.63) is 52.7 Å². The molecular weight excluding hydrogens is 446 g/mol. The average molecular weight is 480 g/mol. The molecule has 0 N–H and O–H groups in total. The van der Waals surface area contributed by atoms with Crippen LogP contribution in [0.5, 0.6) is 0 Å². The minimum Gasteiger partial charge on any atom is -0.381 e. The third-order valence-electron chi connectivity index (χ3n) is 6.50. The molecule has 0 aliphatic carbocycles. The first-order chi connectivity index (χ1) is 16.3. The zero-order valence-corrected chi connectivity index (χ0v) is 21.5. The molecule has 1 saturated heterocycles. The highest BCUT2D eigenvalue weighted by Crippen LogP contribution is 2.27. The number of hydrogen-bond donors (Lipinski definition) is 0. The van der Waals surface area contributed by atoms with Crippen LogP contribution in [0.3, 0.4) is 0 Å². The van der Waals surface area contributed by atoms with Gasteiger partial charge >= 0.3 is 5.69 Å². The van der Waals surface area contributed by atoms with Crippen LogP contribution in [0.15, 0.2) is 41.5 Å². The molecule has 0 atom stereocenters. The second-order valence-corrected chi connectivity index (χ2v) is 16.0. The standard InChI is InChI=1S/C25H33N5O3Si/c1-18-5-8-23-26-15-22(28(23)16-18)20-6-7-21-24(27-20)30(19-9-11-32-12-10-19)25(31)29(21)17-33-13-14-34(2,3)4/h5-8,15-16,19H,9-14,17H2,1-4H3. The molecule has 1 fully saturated rings. The van der Waals surface area contributed by atoms with Crippen molar-refractivity contribution < 1.29 is 9.47 Å². The highest BCUT2D eigenvalue weighted by molar-refractivity contribution is 6.76. The molecular formula is C25H33N5O3Si. The molecule has 180 valence electrons. The largest absolute Gasteiger partial charge is 0.381 e. The third kappa shape index (κ3) is 4.47. The highest BCUT2D eigenvalue weighted by atomic mass is 28.3. The third-order valence-corrected chi connectivity index (χ3v) is 8.20. The Balaban J connectivity index is 1.57. The van der Waals surface area contributed by atoms with Gasteiger partial charge in [0.05, 0.1) is 23.1 Å². The van der Waals surface area contributed by atoms with Crippen molar-refractivity contribution in [3.8, 4) is 11.4 Å². The molecule has 1 aliphatic rings. The number of rotatable bonds is 7. The van der Waals surface area contributed by atoms with Gasteiger partial charge in [-0.1, -0.05) is 25.7 Å². The number of nitrogens with zero attached hydrogens (tertiary/aromatic N) is 5. The van der Waals surface area contributed by atoms with Gasteiger partial charge in [0.1, 0.15) is 12.4 Å². The van der Waals surface area contributed by atoms with E-state index in [0.29, 0.717) is 25.5 Å². The first kappa shape index (κ1) is 23.0. The number of hydrogen-bond acceptors (Lipinski definition) is 5. The first-order valence-corrected chi connectivity index (χ1v) is 15.7. The Labute approximate surface area is 200 Å². The molecule has 0 saturated carbocycles. The van der Waals surface area contributed by atoms with E-state index in [4.69, 9.17) is 14.5 Å². The molecule has 4 aromatic heterocycles. The summed E-state index contributed by atoms with van der Waals surface area (Å²) in [5, 5.41) is 0. The van der Waals surface area contributed by atoms with Crippen molar-refractivity contribution in [3.63, 3.8) is 0 Å². The Bertz CT molecular complexity index is 1380. The maximum absolute atomic E-state index is 13.6. The number of fused-ring (bicyclic) bond motifs is 2. The Morgan fingerprint density at radius 3 is 2.71 bits per heavy atom. The molecule has 9 heteroatoms. The van der Waals surface area contributed by atoms with Gasteiger partial charge in [-0.2, -0.15) is 0 Å². The molecule has 0 bridgehead atoms. The SMILES string of the molecule is Cc1ccc2ncc(-c3ccc4c(n3)n(C3CCOCC3)c(=O)n4COCC[Si](C)(C)C)n2c1. The number of pyridine rings is 2. The van der Waals surface area contributed by atoms with Crippen molar-refractivity contribution in [2.75, 3.05) is 19.8 Å². The topological polar surface area (TPSA) is 75.6 Å². The average Bonchev–Trinajstić information content (AvgIpc) is 3.34. The summed E-state index contributed by atoms with van der Waals surface area (Å²) < 4.78 is 17.2. The lowest BCUT2D eigenvalue weighted by molar-refractivity contribution is 0.0669. The van der Waals surface area contributed by atoms with E-state index >= 15 is 0 Å². The normalized spacial score (nSPS) is 15.5. The highest BCUT2D eigenvalue weighted by Gasteiger charge is 2.24. The lowest BCUT2D eigenvalue weighted by atomic mass is 10.1. The summed E-state index contributed by atoms with van der Waals surface area (Å²) in [6.07, 6.45) is 5.51. The molecule has 0 aromatic carbocycles. The quantitative estimate of drug-likeness (QED) is 0.288. The fourth-order valence-corrected chi connectivity index (χ4v) is 5.26. The maximum Gasteiger partial charge on any atom is 0.332 e. The summed E-state index contributed by atoms with van der Waals surface area (Å²) in [5.41, 5.74) is 5.16. The molecule has 0 unspecified atom stereocenters. The molecule has 1 aliphatic heterocycles. The Kier molecular flexibility index (Phi) is 6.18. The minimum absolute atomic E-state index is 0.0615. The molecule has 0 spiro atoms. The molecule has 34 heavy (non-hydrogen) atoms. The first-order valence-electron chi connectivity index (χ1n) is 12.0. The summed E-state index contributed by atoms with van der Waals surface area (Å²) in [4.78, 5) is 23.1. The van der Waals surface area contributed by atoms with E-state index in [-0.39, 0.29) is 18.5 Å². The number of imidazole rings is 2. The van der Waals surface area contributed by atoms with E-state index in [0.717, 1.165) is 47.0 Å². The van der Waals surface area contributed by atoms with Crippen LogP contribution in [0.1, 0.15) is 24.4 Å².